The maximum absolute atomic E-state index is 10.9. The largest absolute Gasteiger partial charge is 0.366 e. The molecule has 0 saturated heterocycles. The van der Waals surface area contributed by atoms with E-state index in [9.17, 15) is 9.59 Å². The SMILES string of the molecule is C=C(CCCCC(CC)CC(=C)C(N)=O)C(N)=O. The first-order valence-electron chi connectivity index (χ1n) is 6.33. The fourth-order valence-electron chi connectivity index (χ4n) is 1.79. The number of unbranched alkanes of at least 4 members (excludes halogenated alkanes) is 1. The van der Waals surface area contributed by atoms with Crippen LogP contribution in [0.3, 0.4) is 0 Å². The van der Waals surface area contributed by atoms with Gasteiger partial charge < -0.3 is 11.5 Å². The summed E-state index contributed by atoms with van der Waals surface area (Å²) >= 11 is 0. The van der Waals surface area contributed by atoms with Crippen LogP contribution in [0.4, 0.5) is 0 Å². The smallest absolute Gasteiger partial charge is 0.244 e. The quantitative estimate of drug-likeness (QED) is 0.460. The predicted octanol–water partition coefficient (Wildman–Crippen LogP) is 2.05. The molecule has 0 aromatic carbocycles. The van der Waals surface area contributed by atoms with E-state index in [1.165, 1.54) is 0 Å². The zero-order valence-corrected chi connectivity index (χ0v) is 11.2. The van der Waals surface area contributed by atoms with Crippen molar-refractivity contribution < 1.29 is 9.59 Å². The molecule has 4 N–H and O–H groups in total. The Morgan fingerprint density at radius 2 is 1.61 bits per heavy atom. The molecule has 0 aliphatic heterocycles. The number of hydrogen-bond acceptors (Lipinski definition) is 2. The third-order valence-corrected chi connectivity index (χ3v) is 3.15. The van der Waals surface area contributed by atoms with E-state index in [0.29, 0.717) is 29.9 Å². The van der Waals surface area contributed by atoms with Crippen LogP contribution < -0.4 is 11.5 Å². The Hall–Kier alpha value is -1.58. The summed E-state index contributed by atoms with van der Waals surface area (Å²) in [5, 5.41) is 0. The molecule has 102 valence electrons. The normalized spacial score (nSPS) is 11.8. The van der Waals surface area contributed by atoms with Crippen LogP contribution >= 0.6 is 0 Å². The molecule has 2 amide bonds. The minimum atomic E-state index is -0.427. The highest BCUT2D eigenvalue weighted by molar-refractivity contribution is 5.91. The molecule has 0 aromatic rings. The molecule has 0 aliphatic carbocycles. The molecule has 1 atom stereocenters. The van der Waals surface area contributed by atoms with Gasteiger partial charge in [-0.2, -0.15) is 0 Å². The van der Waals surface area contributed by atoms with Gasteiger partial charge in [-0.15, -0.1) is 0 Å². The van der Waals surface area contributed by atoms with Gasteiger partial charge >= 0.3 is 0 Å². The van der Waals surface area contributed by atoms with Crippen molar-refractivity contribution in [1.82, 2.24) is 0 Å². The molecule has 0 saturated carbocycles. The second-order valence-electron chi connectivity index (χ2n) is 4.66. The van der Waals surface area contributed by atoms with Gasteiger partial charge in [0.1, 0.15) is 0 Å². The molecule has 0 bridgehead atoms. The van der Waals surface area contributed by atoms with Crippen LogP contribution in [0, 0.1) is 5.92 Å². The monoisotopic (exact) mass is 252 g/mol. The Morgan fingerprint density at radius 1 is 1.06 bits per heavy atom. The van der Waals surface area contributed by atoms with Gasteiger partial charge in [0.25, 0.3) is 0 Å². The Kier molecular flexibility index (Phi) is 7.76. The van der Waals surface area contributed by atoms with E-state index in [1.54, 1.807) is 0 Å². The summed E-state index contributed by atoms with van der Waals surface area (Å²) in [6.07, 6.45) is 5.15. The van der Waals surface area contributed by atoms with Crippen molar-refractivity contribution in [3.8, 4) is 0 Å². The summed E-state index contributed by atoms with van der Waals surface area (Å²) in [4.78, 5) is 21.7. The van der Waals surface area contributed by atoms with Crippen LogP contribution in [0.2, 0.25) is 0 Å². The van der Waals surface area contributed by atoms with Gasteiger partial charge in [0.05, 0.1) is 0 Å². The van der Waals surface area contributed by atoms with Crippen molar-refractivity contribution in [2.45, 2.75) is 45.4 Å². The fourth-order valence-corrected chi connectivity index (χ4v) is 1.79. The highest BCUT2D eigenvalue weighted by Crippen LogP contribution is 2.21. The zero-order chi connectivity index (χ0) is 14.1. The fraction of sp³-hybridized carbons (Fsp3) is 0.571. The first kappa shape index (κ1) is 16.4. The summed E-state index contributed by atoms with van der Waals surface area (Å²) < 4.78 is 0. The van der Waals surface area contributed by atoms with Gasteiger partial charge in [-0.25, -0.2) is 0 Å². The number of hydrogen-bond donors (Lipinski definition) is 2. The number of rotatable bonds is 10. The lowest BCUT2D eigenvalue weighted by Crippen LogP contribution is -2.16. The molecule has 0 aliphatic rings. The summed E-state index contributed by atoms with van der Waals surface area (Å²) in [6.45, 7) is 9.37. The van der Waals surface area contributed by atoms with Crippen molar-refractivity contribution in [3.63, 3.8) is 0 Å². The number of amides is 2. The molecule has 0 spiro atoms. The summed E-state index contributed by atoms with van der Waals surface area (Å²) in [5.41, 5.74) is 11.2. The van der Waals surface area contributed by atoms with Crippen LogP contribution in [0.15, 0.2) is 24.3 Å². The van der Waals surface area contributed by atoms with E-state index in [1.807, 2.05) is 0 Å². The molecule has 0 aromatic heterocycles. The summed E-state index contributed by atoms with van der Waals surface area (Å²) in [6, 6.07) is 0. The maximum atomic E-state index is 10.9. The van der Waals surface area contributed by atoms with Gasteiger partial charge in [-0.05, 0) is 25.2 Å². The molecule has 0 radical (unpaired) electrons. The molecule has 0 rings (SSSR count). The molecule has 4 nitrogen and oxygen atoms in total. The van der Waals surface area contributed by atoms with Gasteiger partial charge in [-0.1, -0.05) is 39.3 Å². The van der Waals surface area contributed by atoms with Gasteiger partial charge in [-0.3, -0.25) is 9.59 Å². The number of primary amides is 2. The topological polar surface area (TPSA) is 86.2 Å². The van der Waals surface area contributed by atoms with Gasteiger partial charge in [0, 0.05) is 11.1 Å². The maximum Gasteiger partial charge on any atom is 0.244 e. The van der Waals surface area contributed by atoms with Crippen LogP contribution in [-0.2, 0) is 9.59 Å². The average molecular weight is 252 g/mol. The minimum absolute atomic E-state index is 0.421. The van der Waals surface area contributed by atoms with E-state index < -0.39 is 11.8 Å². The first-order valence-corrected chi connectivity index (χ1v) is 6.33. The van der Waals surface area contributed by atoms with Gasteiger partial charge in [0.2, 0.25) is 11.8 Å². The highest BCUT2D eigenvalue weighted by atomic mass is 16.1. The molecular formula is C14H24N2O2. The average Bonchev–Trinajstić information content (AvgIpc) is 2.31. The lowest BCUT2D eigenvalue weighted by Gasteiger charge is -2.14. The molecule has 0 fully saturated rings. The van der Waals surface area contributed by atoms with E-state index in [0.717, 1.165) is 25.7 Å². The van der Waals surface area contributed by atoms with E-state index in [2.05, 4.69) is 20.1 Å². The first-order chi connectivity index (χ1) is 8.38. The van der Waals surface area contributed by atoms with Crippen LogP contribution in [0.1, 0.15) is 45.4 Å². The molecule has 4 heteroatoms. The summed E-state index contributed by atoms with van der Waals surface area (Å²) in [7, 11) is 0. The summed E-state index contributed by atoms with van der Waals surface area (Å²) in [5.74, 6) is -0.424. The Labute approximate surface area is 109 Å². The zero-order valence-electron chi connectivity index (χ0n) is 11.2. The lowest BCUT2D eigenvalue weighted by atomic mass is 9.91. The predicted molar refractivity (Wildman–Crippen MR) is 73.5 cm³/mol. The molecular weight excluding hydrogens is 228 g/mol. The number of carbonyl (C=O) groups is 2. The molecule has 0 heterocycles. The van der Waals surface area contributed by atoms with Crippen molar-refractivity contribution in [3.05, 3.63) is 24.3 Å². The second kappa shape index (κ2) is 8.50. The standard InChI is InChI=1S/C14H24N2O2/c1-4-12(9-11(3)14(16)18)8-6-5-7-10(2)13(15)17/h12H,2-9H2,1H3,(H2,15,17)(H2,16,18). The van der Waals surface area contributed by atoms with E-state index in [-0.39, 0.29) is 0 Å². The van der Waals surface area contributed by atoms with Crippen molar-refractivity contribution in [1.29, 1.82) is 0 Å². The second-order valence-corrected chi connectivity index (χ2v) is 4.66. The van der Waals surface area contributed by atoms with Crippen LogP contribution in [-0.4, -0.2) is 11.8 Å². The Balaban J connectivity index is 3.88. The van der Waals surface area contributed by atoms with E-state index >= 15 is 0 Å². The third kappa shape index (κ3) is 6.89. The number of carbonyl (C=O) groups excluding carboxylic acids is 2. The van der Waals surface area contributed by atoms with Crippen molar-refractivity contribution in [2.75, 3.05) is 0 Å². The lowest BCUT2D eigenvalue weighted by molar-refractivity contribution is -0.115. The van der Waals surface area contributed by atoms with Crippen molar-refractivity contribution in [2.24, 2.45) is 17.4 Å². The molecule has 18 heavy (non-hydrogen) atoms. The van der Waals surface area contributed by atoms with Crippen molar-refractivity contribution >= 4 is 11.8 Å². The highest BCUT2D eigenvalue weighted by Gasteiger charge is 2.11. The minimum Gasteiger partial charge on any atom is -0.366 e. The molecule has 1 unspecified atom stereocenters. The van der Waals surface area contributed by atoms with Crippen LogP contribution in [0.25, 0.3) is 0 Å². The van der Waals surface area contributed by atoms with E-state index in [4.69, 9.17) is 11.5 Å². The number of nitrogens with two attached hydrogens (primary N) is 2. The Morgan fingerprint density at radius 3 is 2.06 bits per heavy atom. The van der Waals surface area contributed by atoms with Crippen LogP contribution in [0.5, 0.6) is 0 Å². The Bertz CT molecular complexity index is 335. The third-order valence-electron chi connectivity index (χ3n) is 3.15. The van der Waals surface area contributed by atoms with Gasteiger partial charge in [0.15, 0.2) is 0 Å².